The van der Waals surface area contributed by atoms with Crippen molar-refractivity contribution in [2.45, 2.75) is 24.9 Å². The van der Waals surface area contributed by atoms with E-state index in [2.05, 4.69) is 0 Å². The molecule has 1 nitrogen and oxygen atoms in total. The number of hydrogen-bond donors (Lipinski definition) is 0. The third kappa shape index (κ3) is 4.11. The molecule has 0 fully saturated rings. The Morgan fingerprint density at radius 1 is 0.963 bits per heavy atom. The Kier molecular flexibility index (Phi) is 5.52. The molecule has 0 N–H and O–H groups in total. The summed E-state index contributed by atoms with van der Waals surface area (Å²) in [5, 5.41) is 1.37. The minimum atomic E-state index is -4.67. The van der Waals surface area contributed by atoms with Crippen molar-refractivity contribution in [3.63, 3.8) is 0 Å². The molecule has 142 valence electrons. The van der Waals surface area contributed by atoms with Crippen LogP contribution in [-0.4, -0.2) is 12.0 Å². The van der Waals surface area contributed by atoms with Gasteiger partial charge in [0.2, 0.25) is 0 Å². The van der Waals surface area contributed by atoms with Gasteiger partial charge in [0.1, 0.15) is 0 Å². The van der Waals surface area contributed by atoms with E-state index in [1.807, 2.05) is 0 Å². The third-order valence-corrected chi connectivity index (χ3v) is 6.22. The van der Waals surface area contributed by atoms with Gasteiger partial charge in [0.25, 0.3) is 0 Å². The van der Waals surface area contributed by atoms with Gasteiger partial charge in [-0.2, -0.15) is 13.2 Å². The van der Waals surface area contributed by atoms with Crippen LogP contribution in [-0.2, 0) is 5.41 Å². The molecule has 0 spiro atoms. The van der Waals surface area contributed by atoms with Crippen molar-refractivity contribution < 1.29 is 18.0 Å². The monoisotopic (exact) mass is 450 g/mol. The van der Waals surface area contributed by atoms with E-state index in [-0.39, 0.29) is 20.5 Å². The summed E-state index contributed by atoms with van der Waals surface area (Å²) in [4.78, 5) is 13.0. The summed E-state index contributed by atoms with van der Waals surface area (Å²) in [6.45, 7) is 0.983. The van der Waals surface area contributed by atoms with Gasteiger partial charge in [0.05, 0.1) is 10.3 Å². The molecule has 1 aromatic heterocycles. The minimum Gasteiger partial charge on any atom is -0.293 e. The number of benzene rings is 2. The quantitative estimate of drug-likeness (QED) is 0.368. The molecule has 2 aromatic carbocycles. The summed E-state index contributed by atoms with van der Waals surface area (Å²) in [6, 6.07) is 10.4. The van der Waals surface area contributed by atoms with Gasteiger partial charge in [-0.1, -0.05) is 34.8 Å². The molecule has 1 heterocycles. The maximum absolute atomic E-state index is 13.9. The van der Waals surface area contributed by atoms with Crippen molar-refractivity contribution in [3.05, 3.63) is 68.0 Å². The first kappa shape index (κ1) is 20.5. The average Bonchev–Trinajstić information content (AvgIpc) is 2.96. The molecule has 0 aliphatic rings. The fraction of sp³-hybridized carbons (Fsp3) is 0.211. The van der Waals surface area contributed by atoms with Crippen LogP contribution in [0.1, 0.15) is 28.6 Å². The van der Waals surface area contributed by atoms with Crippen LogP contribution in [0.15, 0.2) is 42.5 Å². The van der Waals surface area contributed by atoms with Crippen LogP contribution in [0.2, 0.25) is 15.1 Å². The standard InChI is InChI=1S/C19H12Cl3F3OS/c1-18(19(23,24)25,11-6-13(21)8-14(22)7-11)9-15(26)17-5-10-4-12(20)2-3-16(10)27-17/h2-8H,9H2,1H3. The molecule has 1 atom stereocenters. The smallest absolute Gasteiger partial charge is 0.293 e. The molecule has 3 rings (SSSR count). The number of alkyl halides is 3. The molecule has 0 saturated carbocycles. The summed E-state index contributed by atoms with van der Waals surface area (Å²) in [5.41, 5.74) is -2.57. The van der Waals surface area contributed by atoms with Crippen molar-refractivity contribution >= 4 is 62.0 Å². The fourth-order valence-corrected chi connectivity index (χ4v) is 4.49. The average molecular weight is 452 g/mol. The van der Waals surface area contributed by atoms with E-state index in [1.54, 1.807) is 24.3 Å². The summed E-state index contributed by atoms with van der Waals surface area (Å²) < 4.78 is 42.6. The second-order valence-corrected chi connectivity index (χ2v) is 8.77. The van der Waals surface area contributed by atoms with Gasteiger partial charge in [-0.3, -0.25) is 4.79 Å². The zero-order valence-corrected chi connectivity index (χ0v) is 16.9. The maximum atomic E-state index is 13.9. The highest BCUT2D eigenvalue weighted by molar-refractivity contribution is 7.20. The fourth-order valence-electron chi connectivity index (χ4n) is 2.80. The Hall–Kier alpha value is -1.27. The van der Waals surface area contributed by atoms with E-state index in [0.29, 0.717) is 5.02 Å². The third-order valence-electron chi connectivity index (χ3n) is 4.39. The summed E-state index contributed by atoms with van der Waals surface area (Å²) in [5.74, 6) is -0.608. The van der Waals surface area contributed by atoms with Crippen molar-refractivity contribution in [1.82, 2.24) is 0 Å². The summed E-state index contributed by atoms with van der Waals surface area (Å²) >= 11 is 18.8. The highest BCUT2D eigenvalue weighted by Gasteiger charge is 2.53. The van der Waals surface area contributed by atoms with E-state index >= 15 is 0 Å². The molecule has 27 heavy (non-hydrogen) atoms. The van der Waals surface area contributed by atoms with E-state index < -0.39 is 23.8 Å². The number of ketones is 1. The second-order valence-electron chi connectivity index (χ2n) is 6.38. The maximum Gasteiger partial charge on any atom is 0.398 e. The predicted molar refractivity (Wildman–Crippen MR) is 106 cm³/mol. The molecule has 8 heteroatoms. The molecule has 0 radical (unpaired) electrons. The van der Waals surface area contributed by atoms with Gasteiger partial charge in [0, 0.05) is 26.2 Å². The van der Waals surface area contributed by atoms with Crippen molar-refractivity contribution in [1.29, 1.82) is 0 Å². The highest BCUT2D eigenvalue weighted by Crippen LogP contribution is 2.46. The largest absolute Gasteiger partial charge is 0.398 e. The molecule has 0 aliphatic carbocycles. The Morgan fingerprint density at radius 2 is 1.59 bits per heavy atom. The van der Waals surface area contributed by atoms with Crippen LogP contribution in [0.5, 0.6) is 0 Å². The Labute approximate surface area is 172 Å². The number of halogens is 6. The van der Waals surface area contributed by atoms with E-state index in [9.17, 15) is 18.0 Å². The number of Topliss-reactive ketones (excluding diaryl/α,β-unsaturated/α-hetero) is 1. The predicted octanol–water partition coefficient (Wildman–Crippen LogP) is 7.95. The van der Waals surface area contributed by atoms with Gasteiger partial charge in [0.15, 0.2) is 5.78 Å². The molecule has 0 bridgehead atoms. The van der Waals surface area contributed by atoms with Crippen LogP contribution >= 0.6 is 46.1 Å². The highest BCUT2D eigenvalue weighted by atomic mass is 35.5. The number of rotatable bonds is 4. The lowest BCUT2D eigenvalue weighted by molar-refractivity contribution is -0.184. The number of hydrogen-bond acceptors (Lipinski definition) is 2. The van der Waals surface area contributed by atoms with Gasteiger partial charge in [-0.25, -0.2) is 0 Å². The summed E-state index contributed by atoms with van der Waals surface area (Å²) in [6.07, 6.45) is -5.43. The number of carbonyl (C=O) groups is 1. The van der Waals surface area contributed by atoms with Gasteiger partial charge >= 0.3 is 6.18 Å². The van der Waals surface area contributed by atoms with Gasteiger partial charge in [-0.15, -0.1) is 11.3 Å². The molecule has 0 amide bonds. The van der Waals surface area contributed by atoms with Gasteiger partial charge < -0.3 is 0 Å². The Bertz CT molecular complexity index is 1010. The molecule has 0 aliphatic heterocycles. The lowest BCUT2D eigenvalue weighted by Gasteiger charge is -2.32. The van der Waals surface area contributed by atoms with E-state index in [1.165, 1.54) is 18.2 Å². The second kappa shape index (κ2) is 7.28. The Balaban J connectivity index is 2.02. The van der Waals surface area contributed by atoms with Crippen LogP contribution in [0.3, 0.4) is 0 Å². The zero-order chi connectivity index (χ0) is 20.0. The zero-order valence-electron chi connectivity index (χ0n) is 13.8. The van der Waals surface area contributed by atoms with Crippen molar-refractivity contribution in [3.8, 4) is 0 Å². The lowest BCUT2D eigenvalue weighted by Crippen LogP contribution is -2.41. The van der Waals surface area contributed by atoms with Crippen LogP contribution in [0.4, 0.5) is 13.2 Å². The molecular formula is C19H12Cl3F3OS. The van der Waals surface area contributed by atoms with E-state index in [0.717, 1.165) is 28.3 Å². The minimum absolute atomic E-state index is 0.0805. The first-order valence-corrected chi connectivity index (χ1v) is 9.70. The molecule has 0 saturated heterocycles. The SMILES string of the molecule is CC(CC(=O)c1cc2cc(Cl)ccc2s1)(c1cc(Cl)cc(Cl)c1)C(F)(F)F. The number of carbonyl (C=O) groups excluding carboxylic acids is 1. The molecule has 1 unspecified atom stereocenters. The van der Waals surface area contributed by atoms with E-state index in [4.69, 9.17) is 34.8 Å². The molecule has 3 aromatic rings. The normalized spacial score (nSPS) is 14.3. The molecular weight excluding hydrogens is 440 g/mol. The first-order valence-electron chi connectivity index (χ1n) is 7.75. The number of fused-ring (bicyclic) bond motifs is 1. The number of thiophene rings is 1. The first-order chi connectivity index (χ1) is 12.5. The van der Waals surface area contributed by atoms with Crippen LogP contribution in [0.25, 0.3) is 10.1 Å². The van der Waals surface area contributed by atoms with Crippen molar-refractivity contribution in [2.75, 3.05) is 0 Å². The van der Waals surface area contributed by atoms with Crippen LogP contribution in [0, 0.1) is 0 Å². The van der Waals surface area contributed by atoms with Crippen LogP contribution < -0.4 is 0 Å². The Morgan fingerprint density at radius 3 is 2.19 bits per heavy atom. The lowest BCUT2D eigenvalue weighted by atomic mass is 9.77. The topological polar surface area (TPSA) is 17.1 Å². The summed E-state index contributed by atoms with van der Waals surface area (Å²) in [7, 11) is 0. The van der Waals surface area contributed by atoms with Gasteiger partial charge in [-0.05, 0) is 60.3 Å². The van der Waals surface area contributed by atoms with Crippen molar-refractivity contribution in [2.24, 2.45) is 0 Å².